The second-order valence-corrected chi connectivity index (χ2v) is 3.01. The number of aromatic nitrogens is 1. The number of ketones is 1. The molecular weight excluding hydrogens is 195 g/mol. The zero-order valence-electron chi connectivity index (χ0n) is 7.64. The summed E-state index contributed by atoms with van der Waals surface area (Å²) in [6, 6.07) is 3.08. The monoisotopic (exact) mass is 205 g/mol. The maximum absolute atomic E-state index is 11.9. The van der Waals surface area contributed by atoms with E-state index in [9.17, 15) is 18.0 Å². The molecule has 0 unspecified atom stereocenters. The van der Waals surface area contributed by atoms with Gasteiger partial charge in [-0.2, -0.15) is 13.2 Å². The molecular formula is C9H10F3NO. The number of alkyl halides is 3. The van der Waals surface area contributed by atoms with Gasteiger partial charge in [0, 0.05) is 19.7 Å². The van der Waals surface area contributed by atoms with Crippen LogP contribution in [0.1, 0.15) is 23.8 Å². The summed E-state index contributed by atoms with van der Waals surface area (Å²) in [4.78, 5) is 10.9. The average Bonchev–Trinajstić information content (AvgIpc) is 2.46. The molecule has 0 amide bonds. The molecule has 1 heterocycles. The first-order chi connectivity index (χ1) is 6.40. The van der Waals surface area contributed by atoms with Crippen molar-refractivity contribution >= 4 is 5.78 Å². The standard InChI is InChI=1S/C9H10F3NO/c1-7(14)8-3-2-5-13(8)6-4-9(10,11)12/h2-3,5H,4,6H2,1H3. The third kappa shape index (κ3) is 2.90. The minimum absolute atomic E-state index is 0.203. The van der Waals surface area contributed by atoms with Crippen molar-refractivity contribution in [1.29, 1.82) is 0 Å². The first kappa shape index (κ1) is 10.8. The second kappa shape index (κ2) is 3.86. The van der Waals surface area contributed by atoms with E-state index in [1.807, 2.05) is 0 Å². The summed E-state index contributed by atoms with van der Waals surface area (Å²) in [7, 11) is 0. The van der Waals surface area contributed by atoms with Gasteiger partial charge in [0.2, 0.25) is 0 Å². The zero-order chi connectivity index (χ0) is 10.8. The van der Waals surface area contributed by atoms with E-state index in [1.54, 1.807) is 6.07 Å². The van der Waals surface area contributed by atoms with Crippen molar-refractivity contribution in [3.63, 3.8) is 0 Å². The van der Waals surface area contributed by atoms with Crippen molar-refractivity contribution in [1.82, 2.24) is 4.57 Å². The number of carbonyl (C=O) groups excluding carboxylic acids is 1. The van der Waals surface area contributed by atoms with Crippen LogP contribution in [0.2, 0.25) is 0 Å². The van der Waals surface area contributed by atoms with Crippen LogP contribution in [0.3, 0.4) is 0 Å². The first-order valence-electron chi connectivity index (χ1n) is 4.13. The molecule has 0 saturated carbocycles. The largest absolute Gasteiger partial charge is 0.390 e. The van der Waals surface area contributed by atoms with Gasteiger partial charge in [-0.25, -0.2) is 0 Å². The fraction of sp³-hybridized carbons (Fsp3) is 0.444. The minimum atomic E-state index is -4.18. The van der Waals surface area contributed by atoms with Crippen LogP contribution in [0.4, 0.5) is 13.2 Å². The highest BCUT2D eigenvalue weighted by molar-refractivity contribution is 5.92. The predicted molar refractivity (Wildman–Crippen MR) is 45.1 cm³/mol. The van der Waals surface area contributed by atoms with E-state index in [-0.39, 0.29) is 12.3 Å². The molecule has 14 heavy (non-hydrogen) atoms. The molecule has 1 aromatic heterocycles. The molecule has 0 aliphatic heterocycles. The third-order valence-corrected chi connectivity index (χ3v) is 1.83. The Morgan fingerprint density at radius 2 is 2.14 bits per heavy atom. The highest BCUT2D eigenvalue weighted by atomic mass is 19.4. The molecule has 5 heteroatoms. The first-order valence-corrected chi connectivity index (χ1v) is 4.13. The topological polar surface area (TPSA) is 22.0 Å². The van der Waals surface area contributed by atoms with E-state index in [0.29, 0.717) is 5.69 Å². The van der Waals surface area contributed by atoms with Gasteiger partial charge in [-0.1, -0.05) is 0 Å². The van der Waals surface area contributed by atoms with E-state index < -0.39 is 12.6 Å². The van der Waals surface area contributed by atoms with Gasteiger partial charge in [-0.15, -0.1) is 0 Å². The number of hydrogen-bond acceptors (Lipinski definition) is 1. The van der Waals surface area contributed by atoms with E-state index in [4.69, 9.17) is 0 Å². The van der Waals surface area contributed by atoms with Crippen LogP contribution >= 0.6 is 0 Å². The van der Waals surface area contributed by atoms with Gasteiger partial charge in [0.25, 0.3) is 0 Å². The number of halogens is 3. The molecule has 0 saturated heterocycles. The van der Waals surface area contributed by atoms with Gasteiger partial charge >= 0.3 is 6.18 Å². The van der Waals surface area contributed by atoms with Crippen LogP contribution < -0.4 is 0 Å². The van der Waals surface area contributed by atoms with Crippen LogP contribution in [0.25, 0.3) is 0 Å². The quantitative estimate of drug-likeness (QED) is 0.695. The lowest BCUT2D eigenvalue weighted by Crippen LogP contribution is -2.14. The van der Waals surface area contributed by atoms with Crippen molar-refractivity contribution < 1.29 is 18.0 Å². The molecule has 0 atom stereocenters. The second-order valence-electron chi connectivity index (χ2n) is 3.01. The lowest BCUT2D eigenvalue weighted by Gasteiger charge is -2.09. The summed E-state index contributed by atoms with van der Waals surface area (Å²) in [6.45, 7) is 1.13. The Bertz CT molecular complexity index is 327. The molecule has 0 radical (unpaired) electrons. The van der Waals surface area contributed by atoms with E-state index >= 15 is 0 Å². The number of Topliss-reactive ketones (excluding diaryl/α,β-unsaturated/α-hetero) is 1. The Kier molecular flexibility index (Phi) is 2.98. The Morgan fingerprint density at radius 1 is 1.50 bits per heavy atom. The number of aryl methyl sites for hydroxylation is 1. The van der Waals surface area contributed by atoms with Crippen LogP contribution in [0, 0.1) is 0 Å². The van der Waals surface area contributed by atoms with E-state index in [2.05, 4.69) is 0 Å². The van der Waals surface area contributed by atoms with Gasteiger partial charge in [0.15, 0.2) is 5.78 Å². The minimum Gasteiger partial charge on any atom is -0.345 e. The number of hydrogen-bond donors (Lipinski definition) is 0. The molecule has 0 bridgehead atoms. The van der Waals surface area contributed by atoms with Gasteiger partial charge in [-0.3, -0.25) is 4.79 Å². The van der Waals surface area contributed by atoms with E-state index in [0.717, 1.165) is 0 Å². The summed E-state index contributed by atoms with van der Waals surface area (Å²) in [5, 5.41) is 0. The van der Waals surface area contributed by atoms with E-state index in [1.165, 1.54) is 23.8 Å². The molecule has 2 nitrogen and oxygen atoms in total. The van der Waals surface area contributed by atoms with Gasteiger partial charge < -0.3 is 4.57 Å². The Balaban J connectivity index is 2.68. The third-order valence-electron chi connectivity index (χ3n) is 1.83. The molecule has 0 fully saturated rings. The molecule has 1 rings (SSSR count). The average molecular weight is 205 g/mol. The summed E-state index contributed by atoms with van der Waals surface area (Å²) in [5.41, 5.74) is 0.314. The SMILES string of the molecule is CC(=O)c1cccn1CCC(F)(F)F. The summed E-state index contributed by atoms with van der Waals surface area (Å²) >= 11 is 0. The fourth-order valence-corrected chi connectivity index (χ4v) is 1.18. The van der Waals surface area contributed by atoms with Crippen LogP contribution in [-0.4, -0.2) is 16.5 Å². The van der Waals surface area contributed by atoms with Crippen LogP contribution in [0.5, 0.6) is 0 Å². The van der Waals surface area contributed by atoms with Crippen molar-refractivity contribution in [2.75, 3.05) is 0 Å². The molecule has 78 valence electrons. The smallest absolute Gasteiger partial charge is 0.345 e. The highest BCUT2D eigenvalue weighted by Gasteiger charge is 2.26. The molecule has 0 aliphatic rings. The summed E-state index contributed by atoms with van der Waals surface area (Å²) in [6.07, 6.45) is -3.62. The van der Waals surface area contributed by atoms with Gasteiger partial charge in [-0.05, 0) is 12.1 Å². The molecule has 1 aromatic rings. The number of rotatable bonds is 3. The van der Waals surface area contributed by atoms with Crippen molar-refractivity contribution in [2.24, 2.45) is 0 Å². The predicted octanol–water partition coefficient (Wildman–Crippen LogP) is 2.64. The summed E-state index contributed by atoms with van der Waals surface area (Å²) in [5.74, 6) is -0.225. The van der Waals surface area contributed by atoms with Gasteiger partial charge in [0.05, 0.1) is 12.1 Å². The van der Waals surface area contributed by atoms with Crippen LogP contribution in [0.15, 0.2) is 18.3 Å². The Labute approximate surface area is 79.3 Å². The van der Waals surface area contributed by atoms with Gasteiger partial charge in [0.1, 0.15) is 0 Å². The fourth-order valence-electron chi connectivity index (χ4n) is 1.18. The zero-order valence-corrected chi connectivity index (χ0v) is 7.64. The number of carbonyl (C=O) groups is 1. The van der Waals surface area contributed by atoms with Crippen molar-refractivity contribution in [3.8, 4) is 0 Å². The normalized spacial score (nSPS) is 11.7. The Hall–Kier alpha value is -1.26. The maximum atomic E-state index is 11.9. The molecule has 0 aromatic carbocycles. The lowest BCUT2D eigenvalue weighted by atomic mass is 10.3. The summed E-state index contributed by atoms with van der Waals surface area (Å²) < 4.78 is 37.0. The Morgan fingerprint density at radius 3 is 2.64 bits per heavy atom. The van der Waals surface area contributed by atoms with Crippen molar-refractivity contribution in [2.45, 2.75) is 26.1 Å². The molecule has 0 aliphatic carbocycles. The van der Waals surface area contributed by atoms with Crippen molar-refractivity contribution in [3.05, 3.63) is 24.0 Å². The highest BCUT2D eigenvalue weighted by Crippen LogP contribution is 2.20. The molecule has 0 spiro atoms. The number of nitrogens with zero attached hydrogens (tertiary/aromatic N) is 1. The molecule has 0 N–H and O–H groups in total. The van der Waals surface area contributed by atoms with Crippen LogP contribution in [-0.2, 0) is 6.54 Å². The maximum Gasteiger partial charge on any atom is 0.390 e. The lowest BCUT2D eigenvalue weighted by molar-refractivity contribution is -0.136.